The van der Waals surface area contributed by atoms with Crippen LogP contribution in [0, 0.1) is 5.41 Å². The summed E-state index contributed by atoms with van der Waals surface area (Å²) in [7, 11) is 1.37. The number of hydrogen-bond donors (Lipinski definition) is 1. The van der Waals surface area contributed by atoms with Crippen molar-refractivity contribution in [2.24, 2.45) is 5.41 Å². The summed E-state index contributed by atoms with van der Waals surface area (Å²) in [5.74, 6) is -0.363. The zero-order valence-electron chi connectivity index (χ0n) is 10.6. The normalized spacial score (nSPS) is 11.1. The molecule has 1 aromatic carbocycles. The average Bonchev–Trinajstić information content (AvgIpc) is 2.24. The second kappa shape index (κ2) is 5.41. The number of ether oxygens (including phenoxy) is 1. The van der Waals surface area contributed by atoms with Gasteiger partial charge in [0.1, 0.15) is 0 Å². The summed E-state index contributed by atoms with van der Waals surface area (Å²) in [6.45, 7) is 7.09. The largest absolute Gasteiger partial charge is 0.465 e. The van der Waals surface area contributed by atoms with Crippen molar-refractivity contribution in [3.05, 3.63) is 28.8 Å². The molecule has 94 valence electrons. The molecule has 0 unspecified atom stereocenters. The highest BCUT2D eigenvalue weighted by molar-refractivity contribution is 6.31. The van der Waals surface area contributed by atoms with Crippen LogP contribution < -0.4 is 5.32 Å². The van der Waals surface area contributed by atoms with Crippen molar-refractivity contribution in [3.63, 3.8) is 0 Å². The van der Waals surface area contributed by atoms with Gasteiger partial charge >= 0.3 is 5.97 Å². The minimum atomic E-state index is -0.363. The van der Waals surface area contributed by atoms with Gasteiger partial charge in [0.25, 0.3) is 0 Å². The second-order valence-electron chi connectivity index (χ2n) is 5.10. The van der Waals surface area contributed by atoms with E-state index in [-0.39, 0.29) is 11.4 Å². The molecule has 0 bridgehead atoms. The predicted octanol–water partition coefficient (Wildman–Crippen LogP) is 3.58. The molecule has 1 N–H and O–H groups in total. The smallest absolute Gasteiger partial charge is 0.339 e. The number of benzene rings is 1. The molecule has 1 aromatic rings. The fourth-order valence-corrected chi connectivity index (χ4v) is 1.48. The molecule has 0 saturated carbocycles. The van der Waals surface area contributed by atoms with Gasteiger partial charge < -0.3 is 10.1 Å². The number of esters is 1. The lowest BCUT2D eigenvalue weighted by molar-refractivity contribution is 0.0601. The Hall–Kier alpha value is -1.22. The molecular formula is C13H18ClNO2. The SMILES string of the molecule is COC(=O)c1ccc(Cl)cc1NCC(C)(C)C. The van der Waals surface area contributed by atoms with Crippen LogP contribution in [-0.4, -0.2) is 19.6 Å². The molecule has 0 aliphatic carbocycles. The lowest BCUT2D eigenvalue weighted by Gasteiger charge is -2.20. The first kappa shape index (κ1) is 13.8. The topological polar surface area (TPSA) is 38.3 Å². The van der Waals surface area contributed by atoms with E-state index in [2.05, 4.69) is 26.1 Å². The Balaban J connectivity index is 2.95. The Morgan fingerprint density at radius 1 is 1.41 bits per heavy atom. The van der Waals surface area contributed by atoms with Gasteiger partial charge in [0.15, 0.2) is 0 Å². The van der Waals surface area contributed by atoms with Crippen LogP contribution in [0.2, 0.25) is 5.02 Å². The van der Waals surface area contributed by atoms with Gasteiger partial charge in [-0.3, -0.25) is 0 Å². The zero-order valence-corrected chi connectivity index (χ0v) is 11.4. The van der Waals surface area contributed by atoms with Gasteiger partial charge in [0.05, 0.1) is 18.4 Å². The van der Waals surface area contributed by atoms with E-state index in [1.165, 1.54) is 7.11 Å². The molecule has 0 atom stereocenters. The van der Waals surface area contributed by atoms with Crippen LogP contribution >= 0.6 is 11.6 Å². The molecule has 0 aliphatic heterocycles. The van der Waals surface area contributed by atoms with Crippen LogP contribution in [0.4, 0.5) is 5.69 Å². The fourth-order valence-electron chi connectivity index (χ4n) is 1.31. The van der Waals surface area contributed by atoms with Gasteiger partial charge in [-0.2, -0.15) is 0 Å². The van der Waals surface area contributed by atoms with Gasteiger partial charge in [0.2, 0.25) is 0 Å². The van der Waals surface area contributed by atoms with Crippen LogP contribution in [0.3, 0.4) is 0 Å². The van der Waals surface area contributed by atoms with Crippen molar-refractivity contribution in [1.82, 2.24) is 0 Å². The molecule has 4 heteroatoms. The van der Waals surface area contributed by atoms with Crippen molar-refractivity contribution < 1.29 is 9.53 Å². The van der Waals surface area contributed by atoms with Crippen molar-refractivity contribution in [1.29, 1.82) is 0 Å². The summed E-state index contributed by atoms with van der Waals surface area (Å²) in [5, 5.41) is 3.82. The van der Waals surface area contributed by atoms with Crippen molar-refractivity contribution >= 4 is 23.3 Å². The van der Waals surface area contributed by atoms with Crippen molar-refractivity contribution in [2.45, 2.75) is 20.8 Å². The van der Waals surface area contributed by atoms with E-state index < -0.39 is 0 Å². The molecule has 0 aromatic heterocycles. The average molecular weight is 256 g/mol. The second-order valence-corrected chi connectivity index (χ2v) is 5.53. The van der Waals surface area contributed by atoms with Crippen LogP contribution in [0.5, 0.6) is 0 Å². The number of methoxy groups -OCH3 is 1. The molecule has 0 fully saturated rings. The van der Waals surface area contributed by atoms with Crippen LogP contribution in [-0.2, 0) is 4.74 Å². The third kappa shape index (κ3) is 4.27. The number of anilines is 1. The van der Waals surface area contributed by atoms with Gasteiger partial charge in [-0.25, -0.2) is 4.79 Å². The third-order valence-electron chi connectivity index (χ3n) is 2.20. The Morgan fingerprint density at radius 3 is 2.59 bits per heavy atom. The Bertz CT molecular complexity index is 410. The molecule has 0 saturated heterocycles. The summed E-state index contributed by atoms with van der Waals surface area (Å²) in [6.07, 6.45) is 0. The Morgan fingerprint density at radius 2 is 2.06 bits per heavy atom. The number of carbonyl (C=O) groups excluding carboxylic acids is 1. The molecule has 0 heterocycles. The van der Waals surface area contributed by atoms with E-state index in [9.17, 15) is 4.79 Å². The van der Waals surface area contributed by atoms with Crippen LogP contribution in [0.15, 0.2) is 18.2 Å². The summed E-state index contributed by atoms with van der Waals surface area (Å²) >= 11 is 5.92. The quantitative estimate of drug-likeness (QED) is 0.839. The van der Waals surface area contributed by atoms with E-state index in [0.29, 0.717) is 16.3 Å². The summed E-state index contributed by atoms with van der Waals surface area (Å²) in [4.78, 5) is 11.6. The third-order valence-corrected chi connectivity index (χ3v) is 2.43. The standard InChI is InChI=1S/C13H18ClNO2/c1-13(2,3)8-15-11-7-9(14)5-6-10(11)12(16)17-4/h5-7,15H,8H2,1-4H3. The first-order valence-corrected chi connectivity index (χ1v) is 5.83. The van der Waals surface area contributed by atoms with Gasteiger partial charge in [-0.1, -0.05) is 32.4 Å². The summed E-state index contributed by atoms with van der Waals surface area (Å²) < 4.78 is 4.73. The number of halogens is 1. The van der Waals surface area contributed by atoms with Crippen molar-refractivity contribution in [2.75, 3.05) is 19.0 Å². The summed E-state index contributed by atoms with van der Waals surface area (Å²) in [5.41, 5.74) is 1.33. The monoisotopic (exact) mass is 255 g/mol. The molecule has 0 spiro atoms. The number of rotatable bonds is 3. The number of carbonyl (C=O) groups is 1. The molecule has 3 nitrogen and oxygen atoms in total. The fraction of sp³-hybridized carbons (Fsp3) is 0.462. The highest BCUT2D eigenvalue weighted by Gasteiger charge is 2.15. The highest BCUT2D eigenvalue weighted by atomic mass is 35.5. The first-order valence-electron chi connectivity index (χ1n) is 5.45. The van der Waals surface area contributed by atoms with E-state index >= 15 is 0 Å². The van der Waals surface area contributed by atoms with E-state index in [1.54, 1.807) is 18.2 Å². The molecular weight excluding hydrogens is 238 g/mol. The molecule has 0 aliphatic rings. The number of hydrogen-bond acceptors (Lipinski definition) is 3. The van der Waals surface area contributed by atoms with E-state index in [0.717, 1.165) is 6.54 Å². The van der Waals surface area contributed by atoms with Crippen LogP contribution in [0.1, 0.15) is 31.1 Å². The number of nitrogens with one attached hydrogen (secondary N) is 1. The minimum Gasteiger partial charge on any atom is -0.465 e. The molecule has 0 amide bonds. The van der Waals surface area contributed by atoms with Gasteiger partial charge in [-0.15, -0.1) is 0 Å². The molecule has 0 radical (unpaired) electrons. The highest BCUT2D eigenvalue weighted by Crippen LogP contribution is 2.23. The zero-order chi connectivity index (χ0) is 13.1. The first-order chi connectivity index (χ1) is 7.83. The lowest BCUT2D eigenvalue weighted by atomic mass is 9.96. The maximum atomic E-state index is 11.6. The Labute approximate surface area is 107 Å². The Kier molecular flexibility index (Phi) is 4.40. The van der Waals surface area contributed by atoms with Crippen molar-refractivity contribution in [3.8, 4) is 0 Å². The maximum absolute atomic E-state index is 11.6. The van der Waals surface area contributed by atoms with E-state index in [1.807, 2.05) is 0 Å². The molecule has 17 heavy (non-hydrogen) atoms. The van der Waals surface area contributed by atoms with Gasteiger partial charge in [-0.05, 0) is 23.6 Å². The van der Waals surface area contributed by atoms with Crippen LogP contribution in [0.25, 0.3) is 0 Å². The minimum absolute atomic E-state index is 0.121. The van der Waals surface area contributed by atoms with E-state index in [4.69, 9.17) is 16.3 Å². The lowest BCUT2D eigenvalue weighted by Crippen LogP contribution is -2.20. The predicted molar refractivity (Wildman–Crippen MR) is 70.7 cm³/mol. The van der Waals surface area contributed by atoms with Gasteiger partial charge in [0, 0.05) is 11.6 Å². The maximum Gasteiger partial charge on any atom is 0.339 e. The summed E-state index contributed by atoms with van der Waals surface area (Å²) in [6, 6.07) is 5.08. The molecule has 1 rings (SSSR count).